The molecule has 0 unspecified atom stereocenters. The molecule has 4 rings (SSSR count). The molecule has 3 heterocycles. The van der Waals surface area contributed by atoms with Crippen molar-refractivity contribution < 1.29 is 18.0 Å². The molecule has 178 valence electrons. The highest BCUT2D eigenvalue weighted by Gasteiger charge is 2.34. The molecule has 0 bridgehead atoms. The maximum absolute atomic E-state index is 13.8. The molecule has 0 aliphatic carbocycles. The number of alkyl halides is 3. The number of amides is 1. The average molecular weight is 469 g/mol. The topological polar surface area (TPSA) is 59.0 Å². The fourth-order valence-corrected chi connectivity index (χ4v) is 4.58. The van der Waals surface area contributed by atoms with Crippen LogP contribution < -0.4 is 0 Å². The van der Waals surface area contributed by atoms with Crippen molar-refractivity contribution in [1.82, 2.24) is 19.9 Å². The Morgan fingerprint density at radius 2 is 1.88 bits per heavy atom. The van der Waals surface area contributed by atoms with E-state index in [2.05, 4.69) is 21.9 Å². The molecule has 2 atom stereocenters. The molecule has 3 aromatic rings. The van der Waals surface area contributed by atoms with Crippen LogP contribution in [-0.4, -0.2) is 38.3 Å². The minimum atomic E-state index is -4.46. The van der Waals surface area contributed by atoms with Crippen LogP contribution in [0.4, 0.5) is 13.2 Å². The van der Waals surface area contributed by atoms with Crippen molar-refractivity contribution >= 4 is 5.91 Å². The molecule has 1 amide bonds. The van der Waals surface area contributed by atoms with Crippen LogP contribution in [0.2, 0.25) is 0 Å². The third-order valence-corrected chi connectivity index (χ3v) is 6.42. The van der Waals surface area contributed by atoms with E-state index in [9.17, 15) is 18.0 Å². The van der Waals surface area contributed by atoms with Gasteiger partial charge in [0.05, 0.1) is 11.3 Å². The largest absolute Gasteiger partial charge is 0.419 e. The Hall–Kier alpha value is -3.29. The summed E-state index contributed by atoms with van der Waals surface area (Å²) < 4.78 is 38.4. The van der Waals surface area contributed by atoms with Gasteiger partial charge in [-0.05, 0) is 50.3 Å². The van der Waals surface area contributed by atoms with Gasteiger partial charge in [-0.1, -0.05) is 30.7 Å². The fraction of sp³-hybridized carbons (Fsp3) is 0.385. The molecule has 0 N–H and O–H groups in total. The summed E-state index contributed by atoms with van der Waals surface area (Å²) in [6.07, 6.45) is 1.77. The highest BCUT2D eigenvalue weighted by molar-refractivity contribution is 6.01. The molecule has 8 heteroatoms. The summed E-state index contributed by atoms with van der Waals surface area (Å²) >= 11 is 0. The number of rotatable bonds is 5. The zero-order valence-electron chi connectivity index (χ0n) is 19.2. The third-order valence-electron chi connectivity index (χ3n) is 6.42. The zero-order valence-corrected chi connectivity index (χ0v) is 19.2. The van der Waals surface area contributed by atoms with E-state index in [1.807, 2.05) is 48.2 Å². The number of halogens is 3. The summed E-state index contributed by atoms with van der Waals surface area (Å²) in [4.78, 5) is 28.0. The minimum absolute atomic E-state index is 0.0470. The number of likely N-dealkylation sites (tertiary alicyclic amines) is 1. The van der Waals surface area contributed by atoms with E-state index in [-0.39, 0.29) is 17.9 Å². The molecule has 5 nitrogen and oxygen atoms in total. The van der Waals surface area contributed by atoms with Crippen molar-refractivity contribution in [3.8, 4) is 11.3 Å². The second-order valence-electron chi connectivity index (χ2n) is 8.87. The van der Waals surface area contributed by atoms with Gasteiger partial charge in [0.2, 0.25) is 0 Å². The first-order chi connectivity index (χ1) is 16.2. The van der Waals surface area contributed by atoms with Crippen molar-refractivity contribution in [2.75, 3.05) is 6.54 Å². The Morgan fingerprint density at radius 3 is 2.56 bits per heavy atom. The minimum Gasteiger partial charge on any atom is -0.335 e. The van der Waals surface area contributed by atoms with Crippen molar-refractivity contribution in [3.63, 3.8) is 0 Å². The van der Waals surface area contributed by atoms with Gasteiger partial charge in [-0.15, -0.1) is 0 Å². The number of aryl methyl sites for hydroxylation is 2. The molecule has 1 fully saturated rings. The van der Waals surface area contributed by atoms with Crippen LogP contribution >= 0.6 is 0 Å². The molecule has 1 aliphatic rings. The van der Waals surface area contributed by atoms with Crippen molar-refractivity contribution in [1.29, 1.82) is 0 Å². The van der Waals surface area contributed by atoms with E-state index >= 15 is 0 Å². The number of carbonyl (C=O) groups is 1. The lowest BCUT2D eigenvalue weighted by Gasteiger charge is -2.40. The second kappa shape index (κ2) is 9.91. The molecule has 0 saturated carbocycles. The maximum atomic E-state index is 13.8. The molecule has 0 radical (unpaired) electrons. The normalized spacial score (nSPS) is 18.7. The number of pyridine rings is 1. The molecule has 34 heavy (non-hydrogen) atoms. The van der Waals surface area contributed by atoms with Gasteiger partial charge in [-0.2, -0.15) is 13.2 Å². The SMILES string of the molecule is Cc1ccc(-c2ccccn2)c(C(=O)N2CCC[C@@H](C)[C@H]2CCc2ncc(C(F)(F)F)cn2)c1. The lowest BCUT2D eigenvalue weighted by Crippen LogP contribution is -2.48. The second-order valence-corrected chi connectivity index (χ2v) is 8.87. The van der Waals surface area contributed by atoms with Crippen molar-refractivity contribution in [2.45, 2.75) is 51.7 Å². The van der Waals surface area contributed by atoms with Crippen LogP contribution in [0.25, 0.3) is 11.3 Å². The highest BCUT2D eigenvalue weighted by Crippen LogP contribution is 2.32. The van der Waals surface area contributed by atoms with E-state index in [1.165, 1.54) is 0 Å². The van der Waals surface area contributed by atoms with E-state index < -0.39 is 11.7 Å². The van der Waals surface area contributed by atoms with Crippen LogP contribution in [-0.2, 0) is 12.6 Å². The van der Waals surface area contributed by atoms with E-state index in [0.717, 1.165) is 42.1 Å². The van der Waals surface area contributed by atoms with E-state index in [0.29, 0.717) is 30.8 Å². The standard InChI is InChI=1S/C26H27F3N4O/c1-17-8-9-20(22-7-3-4-12-30-22)21(14-17)25(34)33-13-5-6-18(2)23(33)10-11-24-31-15-19(16-32-24)26(27,28)29/h3-4,7-9,12,14-16,18,23H,5-6,10-11,13H2,1-2H3/t18-,23-/m1/s1. The Kier molecular flexibility index (Phi) is 6.95. The predicted molar refractivity (Wildman–Crippen MR) is 123 cm³/mol. The van der Waals surface area contributed by atoms with E-state index in [1.54, 1.807) is 6.20 Å². The van der Waals surface area contributed by atoms with Crippen LogP contribution in [0.1, 0.15) is 53.5 Å². The predicted octanol–water partition coefficient (Wildman–Crippen LogP) is 5.74. The molecule has 2 aromatic heterocycles. The molecule has 1 aliphatic heterocycles. The van der Waals surface area contributed by atoms with Crippen LogP contribution in [0.3, 0.4) is 0 Å². The summed E-state index contributed by atoms with van der Waals surface area (Å²) in [7, 11) is 0. The number of piperidine rings is 1. The van der Waals surface area contributed by atoms with Gasteiger partial charge in [0, 0.05) is 48.7 Å². The average Bonchev–Trinajstić information content (AvgIpc) is 2.83. The number of aromatic nitrogens is 3. The summed E-state index contributed by atoms with van der Waals surface area (Å²) in [5.41, 5.74) is 2.27. The Bertz CT molecular complexity index is 1130. The summed E-state index contributed by atoms with van der Waals surface area (Å²) in [6, 6.07) is 11.4. The van der Waals surface area contributed by atoms with Gasteiger partial charge in [0.15, 0.2) is 0 Å². The van der Waals surface area contributed by atoms with E-state index in [4.69, 9.17) is 0 Å². The first kappa shape index (κ1) is 23.9. The van der Waals surface area contributed by atoms with Gasteiger partial charge in [0.1, 0.15) is 5.82 Å². The summed E-state index contributed by atoms with van der Waals surface area (Å²) in [6.45, 7) is 4.71. The molecular formula is C26H27F3N4O. The third kappa shape index (κ3) is 5.26. The first-order valence-electron chi connectivity index (χ1n) is 11.4. The monoisotopic (exact) mass is 468 g/mol. The highest BCUT2D eigenvalue weighted by atomic mass is 19.4. The van der Waals surface area contributed by atoms with Gasteiger partial charge in [-0.3, -0.25) is 9.78 Å². The Morgan fingerprint density at radius 1 is 1.12 bits per heavy atom. The maximum Gasteiger partial charge on any atom is 0.419 e. The number of hydrogen-bond donors (Lipinski definition) is 0. The lowest BCUT2D eigenvalue weighted by molar-refractivity contribution is -0.138. The number of hydrogen-bond acceptors (Lipinski definition) is 4. The van der Waals surface area contributed by atoms with Gasteiger partial charge >= 0.3 is 6.18 Å². The number of carbonyl (C=O) groups excluding carboxylic acids is 1. The quantitative estimate of drug-likeness (QED) is 0.479. The summed E-state index contributed by atoms with van der Waals surface area (Å²) in [5, 5.41) is 0. The Labute approximate surface area is 197 Å². The van der Waals surface area contributed by atoms with Crippen molar-refractivity contribution in [2.24, 2.45) is 5.92 Å². The van der Waals surface area contributed by atoms with Crippen LogP contribution in [0, 0.1) is 12.8 Å². The smallest absolute Gasteiger partial charge is 0.335 e. The molecule has 0 spiro atoms. The number of benzene rings is 1. The summed E-state index contributed by atoms with van der Waals surface area (Å²) in [5.74, 6) is 0.562. The molecule has 1 saturated heterocycles. The van der Waals surface area contributed by atoms with Crippen LogP contribution in [0.5, 0.6) is 0 Å². The fourth-order valence-electron chi connectivity index (χ4n) is 4.58. The van der Waals surface area contributed by atoms with Crippen molar-refractivity contribution in [3.05, 3.63) is 77.5 Å². The van der Waals surface area contributed by atoms with Crippen LogP contribution in [0.15, 0.2) is 55.0 Å². The molecular weight excluding hydrogens is 441 g/mol. The van der Waals surface area contributed by atoms with Gasteiger partial charge in [-0.25, -0.2) is 9.97 Å². The molecule has 1 aromatic carbocycles. The van der Waals surface area contributed by atoms with Gasteiger partial charge < -0.3 is 4.90 Å². The Balaban J connectivity index is 1.57. The first-order valence-corrected chi connectivity index (χ1v) is 11.4. The lowest BCUT2D eigenvalue weighted by atomic mass is 9.86. The van der Waals surface area contributed by atoms with Gasteiger partial charge in [0.25, 0.3) is 5.91 Å². The number of nitrogens with zero attached hydrogens (tertiary/aromatic N) is 4. The zero-order chi connectivity index (χ0) is 24.3.